The van der Waals surface area contributed by atoms with Crippen LogP contribution in [-0.2, 0) is 65.4 Å². The van der Waals surface area contributed by atoms with Gasteiger partial charge in [-0.05, 0) is 43.4 Å². The molecule has 0 fully saturated rings. The third-order valence-corrected chi connectivity index (χ3v) is 17.3. The predicted molar refractivity (Wildman–Crippen MR) is 344 cm³/mol. The van der Waals surface area contributed by atoms with Gasteiger partial charge in [-0.25, -0.2) is 9.13 Å². The molecule has 0 aliphatic carbocycles. The molecule has 0 aliphatic rings. The topological polar surface area (TPSA) is 237 Å². The predicted octanol–water partition coefficient (Wildman–Crippen LogP) is 18.7. The highest BCUT2D eigenvalue weighted by Gasteiger charge is 2.30. The molecule has 0 aromatic heterocycles. The Labute approximate surface area is 524 Å². The zero-order valence-electron chi connectivity index (χ0n) is 55.8. The van der Waals surface area contributed by atoms with Crippen LogP contribution in [0.1, 0.15) is 331 Å². The van der Waals surface area contributed by atoms with Crippen molar-refractivity contribution in [2.45, 2.75) is 349 Å². The van der Waals surface area contributed by atoms with Gasteiger partial charge in [-0.2, -0.15) is 0 Å². The summed E-state index contributed by atoms with van der Waals surface area (Å²) < 4.78 is 68.0. The van der Waals surface area contributed by atoms with E-state index < -0.39 is 97.5 Å². The molecule has 5 atom stereocenters. The fourth-order valence-electron chi connectivity index (χ4n) is 10.0. The Morgan fingerprint density at radius 3 is 0.791 bits per heavy atom. The fraction of sp³-hybridized carbons (Fsp3) is 0.940. The summed E-state index contributed by atoms with van der Waals surface area (Å²) in [6.45, 7) is 11.7. The first kappa shape index (κ1) is 84.1. The molecule has 0 aliphatic heterocycles. The van der Waals surface area contributed by atoms with E-state index in [1.165, 1.54) is 128 Å². The van der Waals surface area contributed by atoms with Crippen LogP contribution in [0.15, 0.2) is 0 Å². The second-order valence-electron chi connectivity index (χ2n) is 25.6. The molecule has 0 heterocycles. The third-order valence-electron chi connectivity index (χ3n) is 15.4. The number of aliphatic hydroxyl groups excluding tert-OH is 1. The molecular formula is C67H130O17P2. The van der Waals surface area contributed by atoms with Crippen LogP contribution < -0.4 is 0 Å². The number of hydrogen-bond donors (Lipinski definition) is 3. The Balaban J connectivity index is 5.18. The Kier molecular flexibility index (Phi) is 56.9. The minimum absolute atomic E-state index is 0.101. The van der Waals surface area contributed by atoms with E-state index >= 15 is 0 Å². The number of esters is 4. The van der Waals surface area contributed by atoms with Crippen molar-refractivity contribution in [3.63, 3.8) is 0 Å². The number of rotatable bonds is 65. The minimum Gasteiger partial charge on any atom is -0.462 e. The molecule has 0 rings (SSSR count). The number of phosphoric ester groups is 2. The normalized spacial score (nSPS) is 14.3. The molecule has 0 amide bonds. The Bertz CT molecular complexity index is 1700. The monoisotopic (exact) mass is 1270 g/mol. The first-order valence-corrected chi connectivity index (χ1v) is 37.8. The molecular weight excluding hydrogens is 1140 g/mol. The van der Waals surface area contributed by atoms with Crippen molar-refractivity contribution in [3.8, 4) is 0 Å². The summed E-state index contributed by atoms with van der Waals surface area (Å²) in [5.41, 5.74) is 0. The second kappa shape index (κ2) is 58.2. The summed E-state index contributed by atoms with van der Waals surface area (Å²) in [6, 6.07) is 0. The Hall–Kier alpha value is -1.94. The van der Waals surface area contributed by atoms with Gasteiger partial charge in [-0.1, -0.05) is 280 Å². The van der Waals surface area contributed by atoms with Gasteiger partial charge in [0, 0.05) is 25.7 Å². The van der Waals surface area contributed by atoms with Crippen LogP contribution in [0.5, 0.6) is 0 Å². The van der Waals surface area contributed by atoms with Crippen molar-refractivity contribution in [1.82, 2.24) is 0 Å². The highest BCUT2D eigenvalue weighted by molar-refractivity contribution is 7.47. The van der Waals surface area contributed by atoms with Crippen LogP contribution in [-0.4, -0.2) is 96.7 Å². The van der Waals surface area contributed by atoms with E-state index in [0.717, 1.165) is 115 Å². The van der Waals surface area contributed by atoms with Crippen molar-refractivity contribution < 1.29 is 80.2 Å². The molecule has 0 spiro atoms. The largest absolute Gasteiger partial charge is 0.472 e. The summed E-state index contributed by atoms with van der Waals surface area (Å²) in [7, 11) is -9.89. The molecule has 0 aromatic rings. The summed E-state index contributed by atoms with van der Waals surface area (Å²) in [5.74, 6) is 0.0765. The van der Waals surface area contributed by atoms with Crippen LogP contribution in [0.25, 0.3) is 0 Å². The molecule has 0 saturated carbocycles. The lowest BCUT2D eigenvalue weighted by Gasteiger charge is -2.21. The maximum atomic E-state index is 13.0. The SMILES string of the molecule is CCCCCCCCCC(=O)OC[C@H](COP(=O)(O)OC[C@H](O)COP(=O)(O)OC[C@@H](COC(=O)CCCCCCCCCCCC(C)C)OC(=O)CCCCCCCCCCCCCCCCCC(C)C)OC(=O)CCCCCCCCC(C)C. The summed E-state index contributed by atoms with van der Waals surface area (Å²) in [4.78, 5) is 72.2. The van der Waals surface area contributed by atoms with Gasteiger partial charge in [0.25, 0.3) is 0 Å². The van der Waals surface area contributed by atoms with Gasteiger partial charge in [0.1, 0.15) is 19.3 Å². The zero-order valence-corrected chi connectivity index (χ0v) is 57.6. The van der Waals surface area contributed by atoms with E-state index in [1.807, 2.05) is 0 Å². The zero-order chi connectivity index (χ0) is 63.8. The number of unbranched alkanes of at least 4 members (excludes halogenated alkanes) is 33. The molecule has 17 nitrogen and oxygen atoms in total. The van der Waals surface area contributed by atoms with Gasteiger partial charge in [-0.15, -0.1) is 0 Å². The highest BCUT2D eigenvalue weighted by atomic mass is 31.2. The summed E-state index contributed by atoms with van der Waals surface area (Å²) in [5, 5.41) is 10.5. The van der Waals surface area contributed by atoms with E-state index in [-0.39, 0.29) is 25.7 Å². The van der Waals surface area contributed by atoms with Crippen molar-refractivity contribution in [1.29, 1.82) is 0 Å². The average molecular weight is 1270 g/mol. The van der Waals surface area contributed by atoms with Gasteiger partial charge < -0.3 is 33.8 Å². The molecule has 510 valence electrons. The number of carbonyl (C=O) groups is 4. The summed E-state index contributed by atoms with van der Waals surface area (Å²) >= 11 is 0. The maximum Gasteiger partial charge on any atom is 0.472 e. The number of aliphatic hydroxyl groups is 1. The number of ether oxygens (including phenoxy) is 4. The second-order valence-corrected chi connectivity index (χ2v) is 28.5. The first-order chi connectivity index (χ1) is 41.2. The number of phosphoric acid groups is 2. The summed E-state index contributed by atoms with van der Waals surface area (Å²) in [6.07, 6.45) is 40.7. The molecule has 0 aromatic carbocycles. The number of carbonyl (C=O) groups excluding carboxylic acids is 4. The van der Waals surface area contributed by atoms with Gasteiger partial charge in [0.15, 0.2) is 12.2 Å². The average Bonchev–Trinajstić information content (AvgIpc) is 3.68. The molecule has 3 N–H and O–H groups in total. The van der Waals surface area contributed by atoms with Crippen LogP contribution in [0.3, 0.4) is 0 Å². The third kappa shape index (κ3) is 60.9. The maximum absolute atomic E-state index is 13.0. The van der Waals surface area contributed by atoms with E-state index in [2.05, 4.69) is 48.5 Å². The van der Waals surface area contributed by atoms with Crippen molar-refractivity contribution in [2.75, 3.05) is 39.6 Å². The van der Waals surface area contributed by atoms with Crippen LogP contribution in [0.4, 0.5) is 0 Å². The van der Waals surface area contributed by atoms with Gasteiger partial charge in [0.05, 0.1) is 26.4 Å². The Morgan fingerprint density at radius 1 is 0.314 bits per heavy atom. The quantitative estimate of drug-likeness (QED) is 0.0222. The first-order valence-electron chi connectivity index (χ1n) is 34.8. The van der Waals surface area contributed by atoms with Crippen molar-refractivity contribution in [2.24, 2.45) is 17.8 Å². The molecule has 0 radical (unpaired) electrons. The fourth-order valence-corrected chi connectivity index (χ4v) is 11.6. The van der Waals surface area contributed by atoms with Crippen molar-refractivity contribution >= 4 is 39.5 Å². The van der Waals surface area contributed by atoms with Gasteiger partial charge >= 0.3 is 39.5 Å². The Morgan fingerprint density at radius 2 is 0.535 bits per heavy atom. The van der Waals surface area contributed by atoms with E-state index in [9.17, 15) is 43.2 Å². The molecule has 2 unspecified atom stereocenters. The van der Waals surface area contributed by atoms with Crippen molar-refractivity contribution in [3.05, 3.63) is 0 Å². The lowest BCUT2D eigenvalue weighted by atomic mass is 10.0. The molecule has 19 heteroatoms. The van der Waals surface area contributed by atoms with Gasteiger partial charge in [-0.3, -0.25) is 37.3 Å². The molecule has 0 saturated heterocycles. The highest BCUT2D eigenvalue weighted by Crippen LogP contribution is 2.45. The van der Waals surface area contributed by atoms with E-state index in [1.54, 1.807) is 0 Å². The molecule has 86 heavy (non-hydrogen) atoms. The van der Waals surface area contributed by atoms with E-state index in [0.29, 0.717) is 31.6 Å². The van der Waals surface area contributed by atoms with Crippen LogP contribution in [0.2, 0.25) is 0 Å². The standard InChI is InChI=1S/C67H130O17P2/c1-8-9-10-11-24-34-41-48-64(69)77-54-63(84-67(72)51-44-37-30-29-33-40-47-60(6)7)57-82-86(75,76)80-53-61(68)52-79-85(73,74)81-56-62(55-78-65(70)49-42-35-27-23-19-21-26-32-39-46-59(4)5)83-66(71)50-43-36-28-22-18-16-14-12-13-15-17-20-25-31-38-45-58(2)3/h58-63,68H,8-57H2,1-7H3,(H,73,74)(H,75,76)/t61-,62-,63-/m1/s1. The van der Waals surface area contributed by atoms with Crippen LogP contribution in [0, 0.1) is 17.8 Å². The van der Waals surface area contributed by atoms with Gasteiger partial charge in [0.2, 0.25) is 0 Å². The lowest BCUT2D eigenvalue weighted by molar-refractivity contribution is -0.161. The van der Waals surface area contributed by atoms with Crippen LogP contribution >= 0.6 is 15.6 Å². The minimum atomic E-state index is -4.95. The lowest BCUT2D eigenvalue weighted by Crippen LogP contribution is -2.30. The van der Waals surface area contributed by atoms with E-state index in [4.69, 9.17) is 37.0 Å². The molecule has 0 bridgehead atoms. The number of hydrogen-bond acceptors (Lipinski definition) is 15. The smallest absolute Gasteiger partial charge is 0.462 e.